The van der Waals surface area contributed by atoms with Crippen molar-refractivity contribution in [2.24, 2.45) is 10.7 Å². The first kappa shape index (κ1) is 18.5. The summed E-state index contributed by atoms with van der Waals surface area (Å²) in [5, 5.41) is 5.10. The third-order valence-electron chi connectivity index (χ3n) is 4.10. The van der Waals surface area contributed by atoms with Crippen molar-refractivity contribution in [3.8, 4) is 0 Å². The van der Waals surface area contributed by atoms with E-state index in [9.17, 15) is 18.4 Å². The molecule has 6 nitrogen and oxygen atoms in total. The molecule has 1 aliphatic heterocycles. The molecule has 0 spiro atoms. The molecule has 27 heavy (non-hydrogen) atoms. The maximum absolute atomic E-state index is 13.2. The standard InChI is InChI=1S/C19H18F2N4O2/c1-10(26)11-4-6-13(7-5-11)23-19(27)14(9-22)18-24-15(12-2-3-12)8-16(25-18)17(20)21/h4-9,17H,2-3,22H2,1H3,(H,23,27)(H,24,25). The summed E-state index contributed by atoms with van der Waals surface area (Å²) in [6.07, 6.45) is 1.19. The van der Waals surface area contributed by atoms with Crippen molar-refractivity contribution in [2.75, 3.05) is 5.32 Å². The average Bonchev–Trinajstić information content (AvgIpc) is 3.47. The maximum atomic E-state index is 13.2. The van der Waals surface area contributed by atoms with Gasteiger partial charge in [-0.2, -0.15) is 0 Å². The van der Waals surface area contributed by atoms with E-state index in [4.69, 9.17) is 5.73 Å². The lowest BCUT2D eigenvalue weighted by atomic mass is 10.1. The normalized spacial score (nSPS) is 16.5. The van der Waals surface area contributed by atoms with Gasteiger partial charge in [0.2, 0.25) is 0 Å². The Morgan fingerprint density at radius 1 is 1.26 bits per heavy atom. The molecule has 0 atom stereocenters. The van der Waals surface area contributed by atoms with Crippen LogP contribution in [0.4, 0.5) is 14.5 Å². The zero-order chi connectivity index (χ0) is 19.6. The van der Waals surface area contributed by atoms with Crippen molar-refractivity contribution >= 4 is 23.2 Å². The van der Waals surface area contributed by atoms with Crippen molar-refractivity contribution < 1.29 is 18.4 Å². The zero-order valence-electron chi connectivity index (χ0n) is 14.6. The van der Waals surface area contributed by atoms with Gasteiger partial charge in [0.05, 0.1) is 17.0 Å². The molecule has 1 fully saturated rings. The van der Waals surface area contributed by atoms with Gasteiger partial charge in [0.15, 0.2) is 5.78 Å². The van der Waals surface area contributed by atoms with Crippen molar-refractivity contribution in [3.05, 3.63) is 64.6 Å². The summed E-state index contributed by atoms with van der Waals surface area (Å²) in [5.74, 6) is -0.722. The predicted molar refractivity (Wildman–Crippen MR) is 98.3 cm³/mol. The highest BCUT2D eigenvalue weighted by Gasteiger charge is 2.27. The number of hydrogen-bond acceptors (Lipinski definition) is 5. The number of allylic oxidation sites excluding steroid dienone is 3. The SMILES string of the molecule is CC(=O)c1ccc(NC(=O)C(=CN)C2=NC(=C3CC3)C=C(C(F)F)N2)cc1. The summed E-state index contributed by atoms with van der Waals surface area (Å²) in [7, 11) is 0. The summed E-state index contributed by atoms with van der Waals surface area (Å²) >= 11 is 0. The number of amides is 1. The lowest BCUT2D eigenvalue weighted by Crippen LogP contribution is -2.35. The molecule has 1 aliphatic carbocycles. The summed E-state index contributed by atoms with van der Waals surface area (Å²) in [5.41, 5.74) is 7.53. The molecule has 1 aromatic carbocycles. The van der Waals surface area contributed by atoms with Crippen molar-refractivity contribution in [3.63, 3.8) is 0 Å². The fourth-order valence-corrected chi connectivity index (χ4v) is 2.49. The molecule has 0 radical (unpaired) electrons. The van der Waals surface area contributed by atoms with Crippen LogP contribution in [-0.4, -0.2) is 24.0 Å². The van der Waals surface area contributed by atoms with Crippen LogP contribution in [0.15, 0.2) is 64.1 Å². The van der Waals surface area contributed by atoms with E-state index in [0.717, 1.165) is 24.6 Å². The molecular formula is C19H18F2N4O2. The third kappa shape index (κ3) is 4.28. The lowest BCUT2D eigenvalue weighted by Gasteiger charge is -2.19. The molecule has 1 amide bonds. The summed E-state index contributed by atoms with van der Waals surface area (Å²) in [6, 6.07) is 6.29. The molecule has 140 valence electrons. The monoisotopic (exact) mass is 372 g/mol. The number of nitrogens with two attached hydrogens (primary N) is 1. The number of halogens is 2. The van der Waals surface area contributed by atoms with Gasteiger partial charge in [-0.05, 0) is 55.7 Å². The molecular weight excluding hydrogens is 354 g/mol. The molecule has 1 aromatic rings. The Kier molecular flexibility index (Phi) is 5.16. The van der Waals surface area contributed by atoms with Crippen molar-refractivity contribution in [2.45, 2.75) is 26.2 Å². The number of aliphatic imine (C=N–C) groups is 1. The minimum atomic E-state index is -2.73. The van der Waals surface area contributed by atoms with Gasteiger partial charge >= 0.3 is 0 Å². The topological polar surface area (TPSA) is 96.6 Å². The smallest absolute Gasteiger partial charge is 0.278 e. The van der Waals surface area contributed by atoms with Gasteiger partial charge in [-0.25, -0.2) is 13.8 Å². The first-order valence-corrected chi connectivity index (χ1v) is 8.31. The predicted octanol–water partition coefficient (Wildman–Crippen LogP) is 2.87. The molecule has 0 aromatic heterocycles. The Morgan fingerprint density at radius 2 is 1.93 bits per heavy atom. The van der Waals surface area contributed by atoms with Gasteiger partial charge in [0, 0.05) is 17.5 Å². The Hall–Kier alpha value is -3.29. The molecule has 1 heterocycles. The van der Waals surface area contributed by atoms with Crippen LogP contribution in [0.1, 0.15) is 30.1 Å². The minimum Gasteiger partial charge on any atom is -0.404 e. The number of nitrogens with one attached hydrogen (secondary N) is 2. The number of anilines is 1. The Balaban J connectivity index is 1.81. The van der Waals surface area contributed by atoms with Gasteiger partial charge in [-0.1, -0.05) is 0 Å². The van der Waals surface area contributed by atoms with E-state index >= 15 is 0 Å². The Labute approximate surface area is 154 Å². The van der Waals surface area contributed by atoms with E-state index in [0.29, 0.717) is 16.9 Å². The Morgan fingerprint density at radius 3 is 2.44 bits per heavy atom. The van der Waals surface area contributed by atoms with Crippen molar-refractivity contribution in [1.82, 2.24) is 5.32 Å². The van der Waals surface area contributed by atoms with Crippen LogP contribution in [0, 0.1) is 0 Å². The Bertz CT molecular complexity index is 906. The average molecular weight is 372 g/mol. The van der Waals surface area contributed by atoms with E-state index in [1.165, 1.54) is 13.0 Å². The second kappa shape index (κ2) is 7.53. The fourth-order valence-electron chi connectivity index (χ4n) is 2.49. The summed E-state index contributed by atoms with van der Waals surface area (Å²) in [6.45, 7) is 1.44. The van der Waals surface area contributed by atoms with Crippen LogP contribution < -0.4 is 16.4 Å². The van der Waals surface area contributed by atoms with Crippen LogP contribution in [0.2, 0.25) is 0 Å². The highest BCUT2D eigenvalue weighted by molar-refractivity contribution is 6.25. The molecule has 4 N–H and O–H groups in total. The van der Waals surface area contributed by atoms with E-state index < -0.39 is 12.3 Å². The number of rotatable bonds is 5. The van der Waals surface area contributed by atoms with Crippen LogP contribution in [-0.2, 0) is 4.79 Å². The number of ketones is 1. The second-order valence-corrected chi connectivity index (χ2v) is 6.14. The number of carbonyl (C=O) groups is 2. The number of carbonyl (C=O) groups excluding carboxylic acids is 2. The molecule has 2 aliphatic rings. The van der Waals surface area contributed by atoms with Gasteiger partial charge < -0.3 is 16.4 Å². The van der Waals surface area contributed by atoms with Gasteiger partial charge in [-0.15, -0.1) is 0 Å². The number of nitrogens with zero attached hydrogens (tertiary/aromatic N) is 1. The first-order valence-electron chi connectivity index (χ1n) is 8.31. The quantitative estimate of drug-likeness (QED) is 0.547. The van der Waals surface area contributed by atoms with Crippen LogP contribution in [0.3, 0.4) is 0 Å². The first-order chi connectivity index (χ1) is 12.9. The fraction of sp³-hybridized carbons (Fsp3) is 0.211. The number of hydrogen-bond donors (Lipinski definition) is 3. The van der Waals surface area contributed by atoms with Crippen LogP contribution in [0.25, 0.3) is 0 Å². The molecule has 0 saturated heterocycles. The molecule has 3 rings (SSSR count). The third-order valence-corrected chi connectivity index (χ3v) is 4.10. The molecule has 0 bridgehead atoms. The minimum absolute atomic E-state index is 0.0254. The highest BCUT2D eigenvalue weighted by Crippen LogP contribution is 2.34. The maximum Gasteiger partial charge on any atom is 0.278 e. The number of Topliss-reactive ketones (excluding diaryl/α,β-unsaturated/α-hetero) is 1. The van der Waals surface area contributed by atoms with Crippen molar-refractivity contribution in [1.29, 1.82) is 0 Å². The van der Waals surface area contributed by atoms with E-state index in [1.807, 2.05) is 0 Å². The summed E-state index contributed by atoms with van der Waals surface area (Å²) in [4.78, 5) is 28.1. The highest BCUT2D eigenvalue weighted by atomic mass is 19.3. The largest absolute Gasteiger partial charge is 0.404 e. The summed E-state index contributed by atoms with van der Waals surface area (Å²) < 4.78 is 26.4. The number of benzene rings is 1. The van der Waals surface area contributed by atoms with E-state index in [1.54, 1.807) is 24.3 Å². The van der Waals surface area contributed by atoms with Gasteiger partial charge in [0.1, 0.15) is 5.84 Å². The number of alkyl halides is 2. The molecule has 0 unspecified atom stereocenters. The number of amidine groups is 1. The molecule has 8 heteroatoms. The second-order valence-electron chi connectivity index (χ2n) is 6.14. The van der Waals surface area contributed by atoms with E-state index in [-0.39, 0.29) is 22.9 Å². The van der Waals surface area contributed by atoms with E-state index in [2.05, 4.69) is 15.6 Å². The molecule has 1 saturated carbocycles. The van der Waals surface area contributed by atoms with Crippen LogP contribution in [0.5, 0.6) is 0 Å². The van der Waals surface area contributed by atoms with Gasteiger partial charge in [-0.3, -0.25) is 9.59 Å². The lowest BCUT2D eigenvalue weighted by molar-refractivity contribution is -0.112. The van der Waals surface area contributed by atoms with Gasteiger partial charge in [0.25, 0.3) is 12.3 Å². The zero-order valence-corrected chi connectivity index (χ0v) is 14.6. The van der Waals surface area contributed by atoms with Crippen LogP contribution >= 0.6 is 0 Å².